The molecular weight excluding hydrogens is 162 g/mol. The molecule has 3 heteroatoms. The molecule has 0 N–H and O–H groups in total. The maximum absolute atomic E-state index is 6.59. The fraction of sp³-hybridized carbons (Fsp3) is 0.375. The Morgan fingerprint density at radius 2 is 2.45 bits per heavy atom. The molecule has 0 atom stereocenters. The molecule has 0 spiro atoms. The lowest BCUT2D eigenvalue weighted by molar-refractivity contribution is 0.532. The van der Waals surface area contributed by atoms with Gasteiger partial charge in [-0.15, -0.1) is 0 Å². The van der Waals surface area contributed by atoms with Crippen molar-refractivity contribution >= 4 is 11.6 Å². The number of halogens is 1. The second-order valence-corrected chi connectivity index (χ2v) is 2.64. The van der Waals surface area contributed by atoms with E-state index in [-0.39, 0.29) is 0 Å². The van der Waals surface area contributed by atoms with Gasteiger partial charge in [0.1, 0.15) is 5.76 Å². The Hall–Kier alpha value is -0.940. The maximum atomic E-state index is 6.59. The van der Waals surface area contributed by atoms with E-state index in [4.69, 9.17) is 22.6 Å². The van der Waals surface area contributed by atoms with Crippen LogP contribution in [0.3, 0.4) is 0 Å². The summed E-state index contributed by atoms with van der Waals surface area (Å²) in [5, 5.41) is 0.405. The van der Waals surface area contributed by atoms with E-state index in [0.717, 1.165) is 17.7 Å². The van der Waals surface area contributed by atoms with E-state index in [0.29, 0.717) is 11.8 Å². The van der Waals surface area contributed by atoms with Crippen LogP contribution in [0.2, 0.25) is 5.22 Å². The average molecular weight is 170 g/mol. The van der Waals surface area contributed by atoms with Crippen molar-refractivity contribution in [1.82, 2.24) is 0 Å². The van der Waals surface area contributed by atoms with Crippen molar-refractivity contribution in [1.29, 1.82) is 0 Å². The van der Waals surface area contributed by atoms with Gasteiger partial charge in [0.25, 0.3) is 0 Å². The Morgan fingerprint density at radius 3 is 2.91 bits per heavy atom. The number of hydrogen-bond acceptors (Lipinski definition) is 1. The normalized spacial score (nSPS) is 9.55. The molecule has 58 valence electrons. The number of nitrogens with zero attached hydrogens (tertiary/aromatic N) is 1. The van der Waals surface area contributed by atoms with E-state index in [1.807, 2.05) is 6.92 Å². The van der Waals surface area contributed by atoms with Gasteiger partial charge in [0.15, 0.2) is 5.22 Å². The molecule has 0 bridgehead atoms. The third-order valence-electron chi connectivity index (χ3n) is 1.48. The molecule has 0 radical (unpaired) electrons. The summed E-state index contributed by atoms with van der Waals surface area (Å²) in [4.78, 5) is 3.25. The zero-order valence-electron chi connectivity index (χ0n) is 6.22. The second kappa shape index (κ2) is 3.45. The molecule has 1 heterocycles. The Bertz CT molecular complexity index is 285. The Kier molecular flexibility index (Phi) is 2.56. The number of aryl methyl sites for hydroxylation is 1. The summed E-state index contributed by atoms with van der Waals surface area (Å²) in [7, 11) is 0. The monoisotopic (exact) mass is 169 g/mol. The molecular formula is C8H8ClNO. The Balaban J connectivity index is 2.71. The molecule has 0 unspecified atom stereocenters. The van der Waals surface area contributed by atoms with E-state index >= 15 is 0 Å². The highest BCUT2D eigenvalue weighted by Crippen LogP contribution is 2.19. The molecule has 0 aliphatic rings. The molecule has 0 aliphatic heterocycles. The zero-order valence-corrected chi connectivity index (χ0v) is 6.98. The van der Waals surface area contributed by atoms with Crippen molar-refractivity contribution in [3.8, 4) is 0 Å². The van der Waals surface area contributed by atoms with Crippen molar-refractivity contribution in [2.24, 2.45) is 0 Å². The fourth-order valence-electron chi connectivity index (χ4n) is 0.904. The van der Waals surface area contributed by atoms with Crippen LogP contribution in [-0.2, 0) is 6.42 Å². The van der Waals surface area contributed by atoms with Gasteiger partial charge in [-0.1, -0.05) is 0 Å². The predicted molar refractivity (Wildman–Crippen MR) is 43.6 cm³/mol. The first-order chi connectivity index (χ1) is 5.24. The van der Waals surface area contributed by atoms with Crippen LogP contribution in [0.15, 0.2) is 10.5 Å². The van der Waals surface area contributed by atoms with Crippen LogP contribution in [0, 0.1) is 13.5 Å². The molecule has 1 aromatic heterocycles. The van der Waals surface area contributed by atoms with E-state index in [1.54, 1.807) is 6.07 Å². The van der Waals surface area contributed by atoms with Gasteiger partial charge >= 0.3 is 0 Å². The summed E-state index contributed by atoms with van der Waals surface area (Å²) < 4.78 is 5.07. The fourth-order valence-corrected chi connectivity index (χ4v) is 1.15. The van der Waals surface area contributed by atoms with Crippen molar-refractivity contribution in [2.75, 3.05) is 6.54 Å². The summed E-state index contributed by atoms with van der Waals surface area (Å²) in [5.74, 6) is 0.818. The third kappa shape index (κ3) is 1.99. The highest BCUT2D eigenvalue weighted by Gasteiger charge is 2.05. The van der Waals surface area contributed by atoms with E-state index in [1.165, 1.54) is 0 Å². The van der Waals surface area contributed by atoms with Gasteiger partial charge in [-0.05, 0) is 24.6 Å². The van der Waals surface area contributed by atoms with E-state index < -0.39 is 0 Å². The van der Waals surface area contributed by atoms with Crippen LogP contribution in [0.5, 0.6) is 0 Å². The van der Waals surface area contributed by atoms with Crippen LogP contribution in [-0.4, -0.2) is 6.54 Å². The first-order valence-electron chi connectivity index (χ1n) is 3.32. The summed E-state index contributed by atoms with van der Waals surface area (Å²) in [6.45, 7) is 8.94. The number of furan rings is 1. The van der Waals surface area contributed by atoms with Gasteiger partial charge in [-0.3, -0.25) is 0 Å². The summed E-state index contributed by atoms with van der Waals surface area (Å²) >= 11 is 5.60. The maximum Gasteiger partial charge on any atom is 0.218 e. The lowest BCUT2D eigenvalue weighted by Gasteiger charge is -1.88. The smallest absolute Gasteiger partial charge is 0.218 e. The minimum Gasteiger partial charge on any atom is -0.450 e. The van der Waals surface area contributed by atoms with E-state index in [2.05, 4.69) is 4.85 Å². The summed E-state index contributed by atoms with van der Waals surface area (Å²) in [6.07, 6.45) is 0.728. The quantitative estimate of drug-likeness (QED) is 0.623. The number of hydrogen-bond donors (Lipinski definition) is 0. The summed E-state index contributed by atoms with van der Waals surface area (Å²) in [6, 6.07) is 1.77. The van der Waals surface area contributed by atoms with Gasteiger partial charge < -0.3 is 9.26 Å². The van der Waals surface area contributed by atoms with Gasteiger partial charge in [0, 0.05) is 12.0 Å². The molecule has 1 rings (SSSR count). The molecule has 0 saturated heterocycles. The Labute approximate surface area is 70.6 Å². The SMILES string of the molecule is [C-]#[N+]CCc1cc(Cl)oc1C. The molecule has 0 aromatic carbocycles. The molecule has 0 fully saturated rings. The molecule has 1 aromatic rings. The van der Waals surface area contributed by atoms with Crippen LogP contribution in [0.1, 0.15) is 11.3 Å². The minimum atomic E-state index is 0.405. The molecule has 11 heavy (non-hydrogen) atoms. The first kappa shape index (κ1) is 8.16. The summed E-state index contributed by atoms with van der Waals surface area (Å²) in [5.41, 5.74) is 1.03. The van der Waals surface area contributed by atoms with E-state index in [9.17, 15) is 0 Å². The average Bonchev–Trinajstić information content (AvgIpc) is 2.26. The topological polar surface area (TPSA) is 17.5 Å². The first-order valence-corrected chi connectivity index (χ1v) is 3.70. The van der Waals surface area contributed by atoms with Gasteiger partial charge in [0.05, 0.1) is 0 Å². The standard InChI is InChI=1S/C8H8ClNO/c1-6-7(3-4-10-2)5-8(9)11-6/h5H,3-4H2,1H3. The minimum absolute atomic E-state index is 0.405. The molecule has 0 saturated carbocycles. The third-order valence-corrected chi connectivity index (χ3v) is 1.67. The highest BCUT2D eigenvalue weighted by atomic mass is 35.5. The van der Waals surface area contributed by atoms with Crippen LogP contribution >= 0.6 is 11.6 Å². The van der Waals surface area contributed by atoms with Crippen LogP contribution in [0.4, 0.5) is 0 Å². The van der Waals surface area contributed by atoms with Crippen molar-refractivity contribution in [3.05, 3.63) is 34.0 Å². The second-order valence-electron chi connectivity index (χ2n) is 2.26. The molecule has 2 nitrogen and oxygen atoms in total. The van der Waals surface area contributed by atoms with Crippen molar-refractivity contribution < 1.29 is 4.42 Å². The highest BCUT2D eigenvalue weighted by molar-refractivity contribution is 6.28. The Morgan fingerprint density at radius 1 is 1.73 bits per heavy atom. The van der Waals surface area contributed by atoms with Gasteiger partial charge in [-0.2, -0.15) is 0 Å². The van der Waals surface area contributed by atoms with Gasteiger partial charge in [0.2, 0.25) is 6.54 Å². The van der Waals surface area contributed by atoms with Crippen LogP contribution in [0.25, 0.3) is 4.85 Å². The molecule has 0 amide bonds. The largest absolute Gasteiger partial charge is 0.450 e. The van der Waals surface area contributed by atoms with Crippen molar-refractivity contribution in [3.63, 3.8) is 0 Å². The number of rotatable bonds is 2. The lowest BCUT2D eigenvalue weighted by Crippen LogP contribution is -1.86. The van der Waals surface area contributed by atoms with Gasteiger partial charge in [-0.25, -0.2) is 6.57 Å². The van der Waals surface area contributed by atoms with Crippen molar-refractivity contribution in [2.45, 2.75) is 13.3 Å². The zero-order chi connectivity index (χ0) is 8.27. The lowest BCUT2D eigenvalue weighted by atomic mass is 10.2. The predicted octanol–water partition coefficient (Wildman–Crippen LogP) is 2.70. The van der Waals surface area contributed by atoms with Crippen LogP contribution < -0.4 is 0 Å². The molecule has 0 aliphatic carbocycles.